The predicted molar refractivity (Wildman–Crippen MR) is 80.4 cm³/mol. The minimum atomic E-state index is 0.562. The van der Waals surface area contributed by atoms with Gasteiger partial charge in [-0.05, 0) is 38.8 Å². The van der Waals surface area contributed by atoms with Gasteiger partial charge >= 0.3 is 0 Å². The van der Waals surface area contributed by atoms with Crippen molar-refractivity contribution >= 4 is 11.8 Å². The summed E-state index contributed by atoms with van der Waals surface area (Å²) in [6.07, 6.45) is 0. The molecule has 0 radical (unpaired) electrons. The van der Waals surface area contributed by atoms with Gasteiger partial charge in [0.25, 0.3) is 0 Å². The summed E-state index contributed by atoms with van der Waals surface area (Å²) >= 11 is 2.01. The van der Waals surface area contributed by atoms with Gasteiger partial charge in [-0.15, -0.1) is 11.8 Å². The molecule has 100 valence electrons. The molecule has 1 aromatic carbocycles. The number of piperazine rings is 1. The van der Waals surface area contributed by atoms with E-state index < -0.39 is 0 Å². The third-order valence-corrected chi connectivity index (χ3v) is 5.08. The van der Waals surface area contributed by atoms with Gasteiger partial charge in [-0.2, -0.15) is 0 Å². The largest absolute Gasteiger partial charge is 0.314 e. The predicted octanol–water partition coefficient (Wildman–Crippen LogP) is 2.96. The summed E-state index contributed by atoms with van der Waals surface area (Å²) in [6, 6.07) is 4.58. The minimum absolute atomic E-state index is 0.562. The van der Waals surface area contributed by atoms with Crippen molar-refractivity contribution in [2.24, 2.45) is 0 Å². The van der Waals surface area contributed by atoms with Gasteiger partial charge in [0.05, 0.1) is 5.37 Å². The van der Waals surface area contributed by atoms with Gasteiger partial charge < -0.3 is 5.32 Å². The van der Waals surface area contributed by atoms with Crippen molar-refractivity contribution in [1.82, 2.24) is 10.2 Å². The summed E-state index contributed by atoms with van der Waals surface area (Å²) in [4.78, 5) is 4.03. The molecule has 1 fully saturated rings. The third-order valence-electron chi connectivity index (χ3n) is 3.56. The molecule has 2 nitrogen and oxygen atoms in total. The summed E-state index contributed by atoms with van der Waals surface area (Å²) in [7, 11) is 0. The molecular formula is C15H24N2S. The molecule has 0 spiro atoms. The van der Waals surface area contributed by atoms with Gasteiger partial charge in [0.1, 0.15) is 0 Å². The standard InChI is InChI=1S/C15H24N2S/c1-11-9-12(2)15(13(3)10-11)18-14(4)17-7-5-16-6-8-17/h9-10,14,16H,5-8H2,1-4H3. The summed E-state index contributed by atoms with van der Waals surface area (Å²) in [6.45, 7) is 13.5. The molecule has 18 heavy (non-hydrogen) atoms. The van der Waals surface area contributed by atoms with E-state index >= 15 is 0 Å². The molecule has 0 bridgehead atoms. The van der Waals surface area contributed by atoms with E-state index in [0.29, 0.717) is 5.37 Å². The van der Waals surface area contributed by atoms with Crippen LogP contribution in [0, 0.1) is 20.8 Å². The van der Waals surface area contributed by atoms with Gasteiger partial charge in [-0.25, -0.2) is 0 Å². The Labute approximate surface area is 115 Å². The van der Waals surface area contributed by atoms with Crippen molar-refractivity contribution in [2.45, 2.75) is 38.0 Å². The number of thioether (sulfide) groups is 1. The Kier molecular flexibility index (Phi) is 4.71. The number of benzene rings is 1. The summed E-state index contributed by atoms with van der Waals surface area (Å²) < 4.78 is 0. The number of nitrogens with zero attached hydrogens (tertiary/aromatic N) is 1. The van der Waals surface area contributed by atoms with E-state index in [2.05, 4.69) is 50.0 Å². The molecule has 1 aromatic rings. The third kappa shape index (κ3) is 3.28. The maximum atomic E-state index is 3.41. The fraction of sp³-hybridized carbons (Fsp3) is 0.600. The number of rotatable bonds is 3. The summed E-state index contributed by atoms with van der Waals surface area (Å²) in [5.74, 6) is 0. The monoisotopic (exact) mass is 264 g/mol. The molecule has 1 atom stereocenters. The van der Waals surface area contributed by atoms with Crippen LogP contribution in [0.25, 0.3) is 0 Å². The Morgan fingerprint density at radius 1 is 1.11 bits per heavy atom. The lowest BCUT2D eigenvalue weighted by atomic mass is 10.1. The molecule has 0 aliphatic carbocycles. The Morgan fingerprint density at radius 2 is 1.67 bits per heavy atom. The highest BCUT2D eigenvalue weighted by atomic mass is 32.2. The number of hydrogen-bond donors (Lipinski definition) is 1. The van der Waals surface area contributed by atoms with Crippen molar-refractivity contribution in [3.8, 4) is 0 Å². The maximum absolute atomic E-state index is 3.41. The molecule has 1 heterocycles. The van der Waals surface area contributed by atoms with Gasteiger partial charge in [0.2, 0.25) is 0 Å². The molecule has 1 aliphatic heterocycles. The fourth-order valence-corrected chi connectivity index (χ4v) is 3.83. The molecular weight excluding hydrogens is 240 g/mol. The lowest BCUT2D eigenvalue weighted by Gasteiger charge is -2.32. The SMILES string of the molecule is Cc1cc(C)c(SC(C)N2CCNCC2)c(C)c1. The second kappa shape index (κ2) is 6.09. The fourth-order valence-electron chi connectivity index (χ4n) is 2.64. The van der Waals surface area contributed by atoms with Gasteiger partial charge in [-0.3, -0.25) is 4.90 Å². The quantitative estimate of drug-likeness (QED) is 0.845. The number of aryl methyl sites for hydroxylation is 3. The van der Waals surface area contributed by atoms with Crippen LogP contribution in [0.4, 0.5) is 0 Å². The normalized spacial score (nSPS) is 18.9. The highest BCUT2D eigenvalue weighted by Crippen LogP contribution is 2.32. The highest BCUT2D eigenvalue weighted by Gasteiger charge is 2.18. The Morgan fingerprint density at radius 3 is 2.22 bits per heavy atom. The molecule has 0 aromatic heterocycles. The van der Waals surface area contributed by atoms with Gasteiger partial charge in [0.15, 0.2) is 0 Å². The summed E-state index contributed by atoms with van der Waals surface area (Å²) in [5.41, 5.74) is 4.20. The van der Waals surface area contributed by atoms with Crippen LogP contribution in [-0.2, 0) is 0 Å². The van der Waals surface area contributed by atoms with Crippen LogP contribution in [0.1, 0.15) is 23.6 Å². The van der Waals surface area contributed by atoms with E-state index in [0.717, 1.165) is 26.2 Å². The molecule has 3 heteroatoms. The first-order valence-corrected chi connectivity index (χ1v) is 7.65. The lowest BCUT2D eigenvalue weighted by Crippen LogP contribution is -2.46. The Bertz CT molecular complexity index is 388. The Balaban J connectivity index is 2.08. The first kappa shape index (κ1) is 13.9. The average Bonchev–Trinajstić information content (AvgIpc) is 2.34. The van der Waals surface area contributed by atoms with Crippen molar-refractivity contribution < 1.29 is 0 Å². The Hall–Kier alpha value is -0.510. The van der Waals surface area contributed by atoms with Crippen molar-refractivity contribution in [3.05, 3.63) is 28.8 Å². The van der Waals surface area contributed by atoms with Crippen LogP contribution >= 0.6 is 11.8 Å². The van der Waals surface area contributed by atoms with Crippen molar-refractivity contribution in [3.63, 3.8) is 0 Å². The molecule has 0 amide bonds. The van der Waals surface area contributed by atoms with E-state index in [9.17, 15) is 0 Å². The second-order valence-corrected chi connectivity index (χ2v) is 6.56. The van der Waals surface area contributed by atoms with Crippen LogP contribution in [-0.4, -0.2) is 36.5 Å². The molecule has 1 aliphatic rings. The van der Waals surface area contributed by atoms with Crippen LogP contribution in [0.3, 0.4) is 0 Å². The smallest absolute Gasteiger partial charge is 0.0577 e. The van der Waals surface area contributed by atoms with Gasteiger partial charge in [-0.1, -0.05) is 17.7 Å². The maximum Gasteiger partial charge on any atom is 0.0577 e. The highest BCUT2D eigenvalue weighted by molar-refractivity contribution is 8.00. The van der Waals surface area contributed by atoms with Gasteiger partial charge in [0, 0.05) is 31.1 Å². The number of hydrogen-bond acceptors (Lipinski definition) is 3. The van der Waals surface area contributed by atoms with Crippen LogP contribution in [0.5, 0.6) is 0 Å². The van der Waals surface area contributed by atoms with Crippen LogP contribution < -0.4 is 5.32 Å². The van der Waals surface area contributed by atoms with Crippen LogP contribution in [0.15, 0.2) is 17.0 Å². The molecule has 2 rings (SSSR count). The molecule has 1 unspecified atom stereocenters. The zero-order valence-corrected chi connectivity index (χ0v) is 12.7. The zero-order chi connectivity index (χ0) is 13.1. The number of nitrogens with one attached hydrogen (secondary N) is 1. The van der Waals surface area contributed by atoms with E-state index in [1.165, 1.54) is 21.6 Å². The van der Waals surface area contributed by atoms with E-state index in [1.807, 2.05) is 11.8 Å². The molecule has 1 N–H and O–H groups in total. The topological polar surface area (TPSA) is 15.3 Å². The first-order valence-electron chi connectivity index (χ1n) is 6.77. The zero-order valence-electron chi connectivity index (χ0n) is 11.9. The van der Waals surface area contributed by atoms with E-state index in [1.54, 1.807) is 0 Å². The van der Waals surface area contributed by atoms with Crippen LogP contribution in [0.2, 0.25) is 0 Å². The molecule has 0 saturated carbocycles. The lowest BCUT2D eigenvalue weighted by molar-refractivity contribution is 0.234. The molecule has 1 saturated heterocycles. The first-order chi connectivity index (χ1) is 8.58. The van der Waals surface area contributed by atoms with Crippen molar-refractivity contribution in [1.29, 1.82) is 0 Å². The van der Waals surface area contributed by atoms with E-state index in [4.69, 9.17) is 0 Å². The van der Waals surface area contributed by atoms with E-state index in [-0.39, 0.29) is 0 Å². The average molecular weight is 264 g/mol. The van der Waals surface area contributed by atoms with Crippen molar-refractivity contribution in [2.75, 3.05) is 26.2 Å². The minimum Gasteiger partial charge on any atom is -0.314 e. The summed E-state index contributed by atoms with van der Waals surface area (Å²) in [5, 5.41) is 3.97. The second-order valence-electron chi connectivity index (χ2n) is 5.23.